The predicted molar refractivity (Wildman–Crippen MR) is 83.8 cm³/mol. The molecule has 1 aliphatic rings. The van der Waals surface area contributed by atoms with Crippen molar-refractivity contribution in [2.45, 2.75) is 19.4 Å². The second-order valence-corrected chi connectivity index (χ2v) is 5.69. The van der Waals surface area contributed by atoms with Gasteiger partial charge in [0.2, 0.25) is 0 Å². The van der Waals surface area contributed by atoms with Crippen LogP contribution in [0, 0.1) is 0 Å². The summed E-state index contributed by atoms with van der Waals surface area (Å²) in [5.41, 5.74) is 4.59. The Bertz CT molecular complexity index is 723. The number of hydrogen-bond acceptors (Lipinski definition) is 3. The number of hydrogen-bond donors (Lipinski definition) is 1. The molecule has 21 heavy (non-hydrogen) atoms. The van der Waals surface area contributed by atoms with Gasteiger partial charge < -0.3 is 4.98 Å². The molecule has 1 aromatic carbocycles. The van der Waals surface area contributed by atoms with Crippen LogP contribution in [0.1, 0.15) is 18.4 Å². The van der Waals surface area contributed by atoms with E-state index in [-0.39, 0.29) is 0 Å². The Kier molecular flexibility index (Phi) is 3.16. The molecule has 0 saturated carbocycles. The zero-order valence-electron chi connectivity index (χ0n) is 11.9. The van der Waals surface area contributed by atoms with Crippen LogP contribution in [0.4, 0.5) is 0 Å². The van der Waals surface area contributed by atoms with E-state index < -0.39 is 0 Å². The van der Waals surface area contributed by atoms with Crippen LogP contribution in [0.25, 0.3) is 22.3 Å². The second kappa shape index (κ2) is 5.30. The molecule has 0 aliphatic carbocycles. The first-order valence-corrected chi connectivity index (χ1v) is 7.49. The summed E-state index contributed by atoms with van der Waals surface area (Å²) < 4.78 is 0. The van der Waals surface area contributed by atoms with Crippen LogP contribution >= 0.6 is 0 Å². The first-order valence-electron chi connectivity index (χ1n) is 7.49. The van der Waals surface area contributed by atoms with Gasteiger partial charge in [0, 0.05) is 23.8 Å². The number of nitrogens with zero attached hydrogens (tertiary/aromatic N) is 3. The van der Waals surface area contributed by atoms with E-state index in [9.17, 15) is 0 Å². The predicted octanol–water partition coefficient (Wildman–Crippen LogP) is 3.22. The molecule has 0 amide bonds. The largest absolute Gasteiger partial charge is 0.339 e. The SMILES string of the molecule is c1cc(CN2CCCC2)cc(-c2cc3cncnc3[nH]2)c1. The number of likely N-dealkylation sites (tertiary alicyclic amines) is 1. The first kappa shape index (κ1) is 12.5. The van der Waals surface area contributed by atoms with Crippen molar-refractivity contribution in [2.24, 2.45) is 0 Å². The van der Waals surface area contributed by atoms with Gasteiger partial charge in [0.15, 0.2) is 0 Å². The molecule has 0 unspecified atom stereocenters. The maximum absolute atomic E-state index is 4.26. The molecule has 0 atom stereocenters. The van der Waals surface area contributed by atoms with Gasteiger partial charge in [-0.25, -0.2) is 9.97 Å². The Morgan fingerprint density at radius 1 is 1.14 bits per heavy atom. The summed E-state index contributed by atoms with van der Waals surface area (Å²) in [6.07, 6.45) is 6.09. The quantitative estimate of drug-likeness (QED) is 0.800. The minimum atomic E-state index is 0.893. The van der Waals surface area contributed by atoms with Gasteiger partial charge in [-0.2, -0.15) is 0 Å². The van der Waals surface area contributed by atoms with Crippen molar-refractivity contribution >= 4 is 11.0 Å². The van der Waals surface area contributed by atoms with Crippen molar-refractivity contribution < 1.29 is 0 Å². The van der Waals surface area contributed by atoms with Crippen LogP contribution in [0.3, 0.4) is 0 Å². The smallest absolute Gasteiger partial charge is 0.141 e. The van der Waals surface area contributed by atoms with Gasteiger partial charge in [-0.05, 0) is 49.2 Å². The van der Waals surface area contributed by atoms with Gasteiger partial charge in [-0.1, -0.05) is 18.2 Å². The van der Waals surface area contributed by atoms with Crippen molar-refractivity contribution in [1.82, 2.24) is 19.9 Å². The molecule has 4 heteroatoms. The Labute approximate surface area is 123 Å². The molecule has 3 heterocycles. The van der Waals surface area contributed by atoms with Gasteiger partial charge in [0.25, 0.3) is 0 Å². The lowest BCUT2D eigenvalue weighted by atomic mass is 10.1. The van der Waals surface area contributed by atoms with Crippen LogP contribution in [0.2, 0.25) is 0 Å². The van der Waals surface area contributed by atoms with Gasteiger partial charge in [-0.3, -0.25) is 4.90 Å². The van der Waals surface area contributed by atoms with Crippen molar-refractivity contribution in [3.05, 3.63) is 48.4 Å². The summed E-state index contributed by atoms with van der Waals surface area (Å²) in [4.78, 5) is 14.2. The number of nitrogens with one attached hydrogen (secondary N) is 1. The Balaban J connectivity index is 1.64. The van der Waals surface area contributed by atoms with E-state index in [1.165, 1.54) is 37.1 Å². The molecule has 0 bridgehead atoms. The normalized spacial score (nSPS) is 15.8. The third-order valence-corrected chi connectivity index (χ3v) is 4.14. The van der Waals surface area contributed by atoms with Gasteiger partial charge >= 0.3 is 0 Å². The molecule has 3 aromatic rings. The van der Waals surface area contributed by atoms with E-state index in [0.29, 0.717) is 0 Å². The van der Waals surface area contributed by atoms with E-state index in [1.807, 2.05) is 6.20 Å². The summed E-state index contributed by atoms with van der Waals surface area (Å²) in [5, 5.41) is 1.05. The lowest BCUT2D eigenvalue weighted by molar-refractivity contribution is 0.331. The molecule has 1 aliphatic heterocycles. The number of fused-ring (bicyclic) bond motifs is 1. The summed E-state index contributed by atoms with van der Waals surface area (Å²) in [7, 11) is 0. The number of H-pyrrole nitrogens is 1. The van der Waals surface area contributed by atoms with Crippen molar-refractivity contribution in [3.8, 4) is 11.3 Å². The number of aromatic nitrogens is 3. The van der Waals surface area contributed by atoms with Gasteiger partial charge in [0.1, 0.15) is 12.0 Å². The second-order valence-electron chi connectivity index (χ2n) is 5.69. The fourth-order valence-electron chi connectivity index (χ4n) is 3.06. The number of aromatic amines is 1. The summed E-state index contributed by atoms with van der Waals surface area (Å²) in [5.74, 6) is 0. The highest BCUT2D eigenvalue weighted by Crippen LogP contribution is 2.24. The van der Waals surface area contributed by atoms with E-state index in [2.05, 4.69) is 50.2 Å². The minimum Gasteiger partial charge on any atom is -0.339 e. The molecular formula is C17H18N4. The fraction of sp³-hybridized carbons (Fsp3) is 0.294. The lowest BCUT2D eigenvalue weighted by Crippen LogP contribution is -2.18. The summed E-state index contributed by atoms with van der Waals surface area (Å²) in [6.45, 7) is 3.51. The highest BCUT2D eigenvalue weighted by Gasteiger charge is 2.12. The highest BCUT2D eigenvalue weighted by atomic mass is 15.1. The van der Waals surface area contributed by atoms with Gasteiger partial charge in [0.05, 0.1) is 0 Å². The average Bonchev–Trinajstić information content (AvgIpc) is 3.16. The van der Waals surface area contributed by atoms with Crippen molar-refractivity contribution in [1.29, 1.82) is 0 Å². The van der Waals surface area contributed by atoms with Crippen LogP contribution in [-0.2, 0) is 6.54 Å². The zero-order valence-corrected chi connectivity index (χ0v) is 11.9. The average molecular weight is 278 g/mol. The third-order valence-electron chi connectivity index (χ3n) is 4.14. The monoisotopic (exact) mass is 278 g/mol. The third kappa shape index (κ3) is 2.54. The van der Waals surface area contributed by atoms with E-state index in [0.717, 1.165) is 23.3 Å². The van der Waals surface area contributed by atoms with Crippen molar-refractivity contribution in [2.75, 3.05) is 13.1 Å². The standard InChI is InChI=1S/C17H18N4/c1-2-7-21(6-1)11-13-4-3-5-14(8-13)16-9-15-10-18-12-19-17(15)20-16/h3-5,8-10,12H,1-2,6-7,11H2,(H,18,19,20). The molecule has 4 nitrogen and oxygen atoms in total. The molecule has 1 fully saturated rings. The fourth-order valence-corrected chi connectivity index (χ4v) is 3.06. The molecular weight excluding hydrogens is 260 g/mol. The Hall–Kier alpha value is -2.20. The molecule has 106 valence electrons. The van der Waals surface area contributed by atoms with E-state index in [1.54, 1.807) is 6.33 Å². The maximum atomic E-state index is 4.26. The molecule has 1 saturated heterocycles. The maximum Gasteiger partial charge on any atom is 0.141 e. The summed E-state index contributed by atoms with van der Waals surface area (Å²) in [6, 6.07) is 10.9. The van der Waals surface area contributed by atoms with Crippen molar-refractivity contribution in [3.63, 3.8) is 0 Å². The zero-order chi connectivity index (χ0) is 14.1. The minimum absolute atomic E-state index is 0.893. The van der Waals surface area contributed by atoms with Gasteiger partial charge in [-0.15, -0.1) is 0 Å². The molecule has 1 N–H and O–H groups in total. The first-order chi connectivity index (χ1) is 10.4. The molecule has 2 aromatic heterocycles. The Morgan fingerprint density at radius 3 is 2.90 bits per heavy atom. The molecule has 4 rings (SSSR count). The van der Waals surface area contributed by atoms with Crippen LogP contribution in [0.15, 0.2) is 42.9 Å². The topological polar surface area (TPSA) is 44.8 Å². The van der Waals surface area contributed by atoms with Crippen LogP contribution < -0.4 is 0 Å². The van der Waals surface area contributed by atoms with Crippen LogP contribution in [0.5, 0.6) is 0 Å². The van der Waals surface area contributed by atoms with Crippen LogP contribution in [-0.4, -0.2) is 32.9 Å². The van der Waals surface area contributed by atoms with E-state index >= 15 is 0 Å². The van der Waals surface area contributed by atoms with E-state index in [4.69, 9.17) is 0 Å². The highest BCUT2D eigenvalue weighted by molar-refractivity contribution is 5.82. The number of benzene rings is 1. The Morgan fingerprint density at radius 2 is 2.05 bits per heavy atom. The summed E-state index contributed by atoms with van der Waals surface area (Å²) >= 11 is 0. The molecule has 0 spiro atoms. The number of rotatable bonds is 3. The molecule has 0 radical (unpaired) electrons. The lowest BCUT2D eigenvalue weighted by Gasteiger charge is -2.14.